The number of benzene rings is 3. The number of aliphatic imine (C=N–C) groups is 1. The van der Waals surface area contributed by atoms with E-state index in [4.69, 9.17) is 4.74 Å². The summed E-state index contributed by atoms with van der Waals surface area (Å²) in [4.78, 5) is 6.58. The Hall–Kier alpha value is -3.14. The van der Waals surface area contributed by atoms with Crippen molar-refractivity contribution < 1.29 is 9.13 Å². The SMILES string of the molecule is CN(C)c1ccc(N=Cc2ccccc2OCc2ccc(F)cc2)cc1. The first-order valence-electron chi connectivity index (χ1n) is 8.39. The maximum absolute atomic E-state index is 13.0. The molecule has 0 bridgehead atoms. The van der Waals surface area contributed by atoms with Crippen molar-refractivity contribution in [3.05, 3.63) is 89.7 Å². The Morgan fingerprint density at radius 2 is 1.62 bits per heavy atom. The fraction of sp³-hybridized carbons (Fsp3) is 0.136. The molecule has 0 aliphatic heterocycles. The molecule has 0 amide bonds. The molecule has 132 valence electrons. The van der Waals surface area contributed by atoms with Crippen LogP contribution in [0.1, 0.15) is 11.1 Å². The van der Waals surface area contributed by atoms with Crippen LogP contribution in [0.3, 0.4) is 0 Å². The van der Waals surface area contributed by atoms with Crippen LogP contribution in [-0.2, 0) is 6.61 Å². The summed E-state index contributed by atoms with van der Waals surface area (Å²) < 4.78 is 18.9. The second-order valence-electron chi connectivity index (χ2n) is 6.12. The van der Waals surface area contributed by atoms with Crippen molar-refractivity contribution in [3.8, 4) is 5.75 Å². The summed E-state index contributed by atoms with van der Waals surface area (Å²) in [6.45, 7) is 0.378. The van der Waals surface area contributed by atoms with Gasteiger partial charge in [0.2, 0.25) is 0 Å². The predicted molar refractivity (Wildman–Crippen MR) is 105 cm³/mol. The number of nitrogens with zero attached hydrogens (tertiary/aromatic N) is 2. The maximum Gasteiger partial charge on any atom is 0.128 e. The Morgan fingerprint density at radius 1 is 0.923 bits per heavy atom. The third-order valence-corrected chi connectivity index (χ3v) is 3.95. The van der Waals surface area contributed by atoms with E-state index in [-0.39, 0.29) is 5.82 Å². The van der Waals surface area contributed by atoms with Crippen LogP contribution < -0.4 is 9.64 Å². The molecule has 26 heavy (non-hydrogen) atoms. The molecule has 0 fully saturated rings. The third-order valence-electron chi connectivity index (χ3n) is 3.95. The van der Waals surface area contributed by atoms with E-state index < -0.39 is 0 Å². The molecule has 0 aliphatic carbocycles. The number of rotatable bonds is 6. The van der Waals surface area contributed by atoms with Gasteiger partial charge in [-0.05, 0) is 54.1 Å². The topological polar surface area (TPSA) is 24.8 Å². The molecule has 0 saturated carbocycles. The van der Waals surface area contributed by atoms with Crippen LogP contribution in [0.5, 0.6) is 5.75 Å². The minimum atomic E-state index is -0.249. The lowest BCUT2D eigenvalue weighted by molar-refractivity contribution is 0.305. The van der Waals surface area contributed by atoms with E-state index in [1.165, 1.54) is 12.1 Å². The van der Waals surface area contributed by atoms with Crippen molar-refractivity contribution in [1.82, 2.24) is 0 Å². The molecular weight excluding hydrogens is 327 g/mol. The summed E-state index contributed by atoms with van der Waals surface area (Å²) in [6, 6.07) is 22.1. The zero-order chi connectivity index (χ0) is 18.4. The van der Waals surface area contributed by atoms with Gasteiger partial charge in [-0.15, -0.1) is 0 Å². The van der Waals surface area contributed by atoms with E-state index in [2.05, 4.69) is 4.99 Å². The van der Waals surface area contributed by atoms with Crippen molar-refractivity contribution in [2.45, 2.75) is 6.61 Å². The van der Waals surface area contributed by atoms with Crippen molar-refractivity contribution >= 4 is 17.6 Å². The fourth-order valence-corrected chi connectivity index (χ4v) is 2.44. The Kier molecular flexibility index (Phi) is 5.64. The van der Waals surface area contributed by atoms with E-state index in [9.17, 15) is 4.39 Å². The van der Waals surface area contributed by atoms with Gasteiger partial charge in [0, 0.05) is 31.6 Å². The average Bonchev–Trinajstić information content (AvgIpc) is 2.67. The Balaban J connectivity index is 1.71. The monoisotopic (exact) mass is 348 g/mol. The maximum atomic E-state index is 13.0. The highest BCUT2D eigenvalue weighted by molar-refractivity contribution is 5.85. The number of halogens is 1. The number of para-hydroxylation sites is 1. The van der Waals surface area contributed by atoms with E-state index in [1.807, 2.05) is 67.5 Å². The highest BCUT2D eigenvalue weighted by atomic mass is 19.1. The third kappa shape index (κ3) is 4.70. The van der Waals surface area contributed by atoms with Crippen molar-refractivity contribution in [3.63, 3.8) is 0 Å². The Morgan fingerprint density at radius 3 is 2.31 bits per heavy atom. The molecule has 3 aromatic rings. The van der Waals surface area contributed by atoms with Gasteiger partial charge in [0.1, 0.15) is 18.2 Å². The van der Waals surface area contributed by atoms with Crippen LogP contribution in [0, 0.1) is 5.82 Å². The quantitative estimate of drug-likeness (QED) is 0.571. The lowest BCUT2D eigenvalue weighted by Crippen LogP contribution is -2.07. The van der Waals surface area contributed by atoms with E-state index in [0.29, 0.717) is 6.61 Å². The van der Waals surface area contributed by atoms with Crippen LogP contribution >= 0.6 is 0 Å². The standard InChI is InChI=1S/C22H21FN2O/c1-25(2)21-13-11-20(12-14-21)24-15-18-5-3-4-6-22(18)26-16-17-7-9-19(23)10-8-17/h3-15H,16H2,1-2H3. The lowest BCUT2D eigenvalue weighted by Gasteiger charge is -2.11. The average molecular weight is 348 g/mol. The van der Waals surface area contributed by atoms with Gasteiger partial charge in [-0.1, -0.05) is 24.3 Å². The molecule has 3 rings (SSSR count). The largest absolute Gasteiger partial charge is 0.488 e. The molecule has 0 heterocycles. The predicted octanol–water partition coefficient (Wildman–Crippen LogP) is 5.22. The van der Waals surface area contributed by atoms with Crippen LogP contribution in [0.4, 0.5) is 15.8 Å². The first kappa shape index (κ1) is 17.7. The first-order valence-corrected chi connectivity index (χ1v) is 8.39. The molecule has 3 nitrogen and oxygen atoms in total. The molecule has 0 N–H and O–H groups in total. The lowest BCUT2D eigenvalue weighted by atomic mass is 10.2. The summed E-state index contributed by atoms with van der Waals surface area (Å²) in [5, 5.41) is 0. The molecular formula is C22H21FN2O. The normalized spacial score (nSPS) is 10.9. The van der Waals surface area contributed by atoms with Crippen LogP contribution in [0.2, 0.25) is 0 Å². The van der Waals surface area contributed by atoms with E-state index >= 15 is 0 Å². The number of hydrogen-bond acceptors (Lipinski definition) is 3. The van der Waals surface area contributed by atoms with Crippen molar-refractivity contribution in [1.29, 1.82) is 0 Å². The fourth-order valence-electron chi connectivity index (χ4n) is 2.44. The molecule has 0 radical (unpaired) electrons. The smallest absolute Gasteiger partial charge is 0.128 e. The van der Waals surface area contributed by atoms with E-state index in [0.717, 1.165) is 28.3 Å². The highest BCUT2D eigenvalue weighted by Gasteiger charge is 2.02. The summed E-state index contributed by atoms with van der Waals surface area (Å²) in [6.07, 6.45) is 1.80. The van der Waals surface area contributed by atoms with Crippen LogP contribution in [0.15, 0.2) is 77.8 Å². The summed E-state index contributed by atoms with van der Waals surface area (Å²) in [7, 11) is 4.01. The number of anilines is 1. The van der Waals surface area contributed by atoms with Gasteiger partial charge in [-0.2, -0.15) is 0 Å². The summed E-state index contributed by atoms with van der Waals surface area (Å²) >= 11 is 0. The first-order chi connectivity index (χ1) is 12.6. The van der Waals surface area contributed by atoms with Crippen molar-refractivity contribution in [2.75, 3.05) is 19.0 Å². The van der Waals surface area contributed by atoms with Crippen LogP contribution in [0.25, 0.3) is 0 Å². The Labute approximate surface area is 153 Å². The number of hydrogen-bond donors (Lipinski definition) is 0. The molecule has 0 aliphatic rings. The minimum Gasteiger partial charge on any atom is -0.488 e. The molecule has 0 aromatic heterocycles. The molecule has 3 aromatic carbocycles. The molecule has 0 atom stereocenters. The van der Waals surface area contributed by atoms with Gasteiger partial charge in [0.15, 0.2) is 0 Å². The second-order valence-corrected chi connectivity index (χ2v) is 6.12. The van der Waals surface area contributed by atoms with E-state index in [1.54, 1.807) is 18.3 Å². The van der Waals surface area contributed by atoms with Gasteiger partial charge >= 0.3 is 0 Å². The minimum absolute atomic E-state index is 0.249. The van der Waals surface area contributed by atoms with Gasteiger partial charge in [0.25, 0.3) is 0 Å². The Bertz CT molecular complexity index is 871. The molecule has 0 unspecified atom stereocenters. The van der Waals surface area contributed by atoms with Gasteiger partial charge in [0.05, 0.1) is 5.69 Å². The molecule has 0 spiro atoms. The highest BCUT2D eigenvalue weighted by Crippen LogP contribution is 2.21. The van der Waals surface area contributed by atoms with Crippen molar-refractivity contribution in [2.24, 2.45) is 4.99 Å². The number of ether oxygens (including phenoxy) is 1. The zero-order valence-corrected chi connectivity index (χ0v) is 14.9. The molecule has 0 saturated heterocycles. The van der Waals surface area contributed by atoms with Gasteiger partial charge in [-0.3, -0.25) is 4.99 Å². The molecule has 4 heteroatoms. The second kappa shape index (κ2) is 8.30. The van der Waals surface area contributed by atoms with Gasteiger partial charge < -0.3 is 9.64 Å². The van der Waals surface area contributed by atoms with Crippen LogP contribution in [-0.4, -0.2) is 20.3 Å². The van der Waals surface area contributed by atoms with Gasteiger partial charge in [-0.25, -0.2) is 4.39 Å². The summed E-state index contributed by atoms with van der Waals surface area (Å²) in [5.74, 6) is 0.493. The summed E-state index contributed by atoms with van der Waals surface area (Å²) in [5.41, 5.74) is 3.82. The zero-order valence-electron chi connectivity index (χ0n) is 14.9.